The van der Waals surface area contributed by atoms with Crippen molar-refractivity contribution in [2.24, 2.45) is 5.73 Å². The third kappa shape index (κ3) is 7.16. The lowest BCUT2D eigenvalue weighted by molar-refractivity contribution is 0.252. The zero-order chi connectivity index (χ0) is 23.8. The van der Waals surface area contributed by atoms with Crippen LogP contribution in [0, 0.1) is 11.2 Å². The Balaban J connectivity index is 1.48. The maximum absolute atomic E-state index is 13.9. The van der Waals surface area contributed by atoms with Gasteiger partial charge in [-0.1, -0.05) is 24.1 Å². The van der Waals surface area contributed by atoms with Gasteiger partial charge >= 0.3 is 6.03 Å². The number of nitrogens with two attached hydrogens (primary N) is 1. The van der Waals surface area contributed by atoms with Crippen LogP contribution < -0.4 is 26.8 Å². The molecule has 1 fully saturated rings. The van der Waals surface area contributed by atoms with Gasteiger partial charge in [0.15, 0.2) is 5.82 Å². The van der Waals surface area contributed by atoms with Crippen molar-refractivity contribution in [1.82, 2.24) is 14.9 Å². The Bertz CT molecular complexity index is 1040. The van der Waals surface area contributed by atoms with Crippen molar-refractivity contribution in [3.8, 4) is 0 Å². The zero-order valence-electron chi connectivity index (χ0n) is 18.2. The maximum Gasteiger partial charge on any atom is 0.326 e. The lowest BCUT2D eigenvalue weighted by Crippen LogP contribution is -2.48. The van der Waals surface area contributed by atoms with Gasteiger partial charge in [-0.05, 0) is 31.5 Å². The molecule has 1 aliphatic rings. The summed E-state index contributed by atoms with van der Waals surface area (Å²) in [6, 6.07) is 3.48. The van der Waals surface area contributed by atoms with Crippen LogP contribution in [0.3, 0.4) is 0 Å². The Morgan fingerprint density at radius 1 is 1.21 bits per heavy atom. The molecule has 6 N–H and O–H groups in total. The molecule has 0 aliphatic carbocycles. The molecule has 1 aromatic heterocycles. The summed E-state index contributed by atoms with van der Waals surface area (Å²) in [6.07, 6.45) is 5.09. The van der Waals surface area contributed by atoms with Crippen LogP contribution in [0.1, 0.15) is 25.7 Å². The van der Waals surface area contributed by atoms with Crippen molar-refractivity contribution in [3.05, 3.63) is 45.6 Å². The van der Waals surface area contributed by atoms with Crippen molar-refractivity contribution >= 4 is 40.8 Å². The Morgan fingerprint density at radius 2 is 1.97 bits per heavy atom. The van der Waals surface area contributed by atoms with Crippen LogP contribution in [0.15, 0.2) is 29.2 Å². The number of carbonyl (C=O) groups excluding carboxylic acids is 1. The number of halogens is 2. The van der Waals surface area contributed by atoms with Crippen molar-refractivity contribution < 1.29 is 9.18 Å². The molecule has 178 valence electrons. The van der Waals surface area contributed by atoms with Crippen LogP contribution in [-0.2, 0) is 0 Å². The molecule has 2 amide bonds. The summed E-state index contributed by atoms with van der Waals surface area (Å²) >= 11 is 5.70. The molecular weight excluding hydrogens is 451 g/mol. The Morgan fingerprint density at radius 3 is 2.67 bits per heavy atom. The number of nitrogens with zero attached hydrogens (tertiary/aromatic N) is 3. The van der Waals surface area contributed by atoms with Crippen LogP contribution in [0.5, 0.6) is 0 Å². The van der Waals surface area contributed by atoms with Crippen LogP contribution in [-0.4, -0.2) is 59.5 Å². The summed E-state index contributed by atoms with van der Waals surface area (Å²) in [5, 5.41) is 11.8. The van der Waals surface area contributed by atoms with Crippen LogP contribution in [0.2, 0.25) is 5.02 Å². The minimum atomic E-state index is -0.760. The Hall–Kier alpha value is -3.18. The molecule has 0 unspecified atom stereocenters. The van der Waals surface area contributed by atoms with Gasteiger partial charge in [0.1, 0.15) is 5.69 Å². The van der Waals surface area contributed by atoms with E-state index in [1.165, 1.54) is 24.4 Å². The van der Waals surface area contributed by atoms with Gasteiger partial charge < -0.3 is 16.0 Å². The summed E-state index contributed by atoms with van der Waals surface area (Å²) in [4.78, 5) is 35.6. The highest BCUT2D eigenvalue weighted by Crippen LogP contribution is 2.22. The number of aromatic nitrogens is 2. The molecule has 12 heteroatoms. The van der Waals surface area contributed by atoms with E-state index in [0.29, 0.717) is 25.2 Å². The maximum atomic E-state index is 13.9. The number of anilines is 3. The number of H-pyrrole nitrogens is 1. The van der Waals surface area contributed by atoms with Gasteiger partial charge in [-0.15, -0.1) is 0 Å². The number of carbonyl (C=O) groups is 1. The molecular formula is C21H28ClFN8O2. The fourth-order valence-corrected chi connectivity index (χ4v) is 3.75. The Kier molecular flexibility index (Phi) is 8.61. The summed E-state index contributed by atoms with van der Waals surface area (Å²) in [5.41, 5.74) is 5.34. The van der Waals surface area contributed by atoms with Gasteiger partial charge in [0.25, 0.3) is 5.56 Å². The van der Waals surface area contributed by atoms with E-state index in [-0.39, 0.29) is 28.1 Å². The van der Waals surface area contributed by atoms with Crippen molar-refractivity contribution in [2.75, 3.05) is 48.3 Å². The largest absolute Gasteiger partial charge is 0.388 e. The summed E-state index contributed by atoms with van der Waals surface area (Å²) in [7, 11) is 0. The summed E-state index contributed by atoms with van der Waals surface area (Å²) in [6.45, 7) is 4.03. The number of rotatable bonds is 9. The molecule has 0 saturated carbocycles. The fourth-order valence-electron chi connectivity index (χ4n) is 3.58. The first-order chi connectivity index (χ1) is 15.8. The van der Waals surface area contributed by atoms with Gasteiger partial charge in [-0.2, -0.15) is 0 Å². The number of benzene rings is 1. The number of amides is 2. The first-order valence-electron chi connectivity index (χ1n) is 10.7. The van der Waals surface area contributed by atoms with Crippen LogP contribution in [0.4, 0.5) is 26.5 Å². The number of unbranched alkanes of at least 4 members (excludes halogenated alkanes) is 2. The average Bonchev–Trinajstić information content (AvgIpc) is 2.77. The van der Waals surface area contributed by atoms with E-state index in [4.69, 9.17) is 22.7 Å². The molecule has 0 atom stereocenters. The minimum absolute atomic E-state index is 0.0483. The number of hydrogen-bond acceptors (Lipinski definition) is 6. The fraction of sp³-hybridized carbons (Fsp3) is 0.429. The first-order valence-corrected chi connectivity index (χ1v) is 11.1. The molecule has 1 aromatic carbocycles. The first kappa shape index (κ1) is 24.5. The topological polar surface area (TPSA) is 143 Å². The highest BCUT2D eigenvalue weighted by atomic mass is 35.5. The van der Waals surface area contributed by atoms with Gasteiger partial charge in [-0.3, -0.25) is 25.4 Å². The van der Waals surface area contributed by atoms with E-state index >= 15 is 0 Å². The quantitative estimate of drug-likeness (QED) is 0.213. The molecule has 0 bridgehead atoms. The standard InChI is InChI=1S/C21H28ClFN8O2/c22-14-5-4-6-15(18(14)23)27-21(33)29-20-26-13-16(19(32)28-20)31-11-9-30(10-12-31)8-3-1-2-7-17(24)25/h4-6,13H,1-3,7-12H2,(H3,24,25)(H3,26,27,28,29,32,33). The number of nitrogens with one attached hydrogen (secondary N) is 4. The molecule has 10 nitrogen and oxygen atoms in total. The molecule has 3 rings (SSSR count). The smallest absolute Gasteiger partial charge is 0.326 e. The van der Waals surface area contributed by atoms with E-state index in [0.717, 1.165) is 38.9 Å². The molecule has 1 saturated heterocycles. The SMILES string of the molecule is N=C(N)CCCCCN1CCN(c2cnc(NC(=O)Nc3cccc(Cl)c3F)[nH]c2=O)CC1. The lowest BCUT2D eigenvalue weighted by Gasteiger charge is -2.35. The minimum Gasteiger partial charge on any atom is -0.388 e. The second-order valence-corrected chi connectivity index (χ2v) is 8.20. The van der Waals surface area contributed by atoms with Crippen molar-refractivity contribution in [2.45, 2.75) is 25.7 Å². The van der Waals surface area contributed by atoms with E-state index in [9.17, 15) is 14.0 Å². The predicted molar refractivity (Wildman–Crippen MR) is 128 cm³/mol. The number of urea groups is 1. The van der Waals surface area contributed by atoms with Gasteiger partial charge in [0.05, 0.1) is 22.7 Å². The molecule has 2 heterocycles. The van der Waals surface area contributed by atoms with Gasteiger partial charge in [-0.25, -0.2) is 14.2 Å². The highest BCUT2D eigenvalue weighted by Gasteiger charge is 2.20. The molecule has 2 aromatic rings. The van der Waals surface area contributed by atoms with Gasteiger partial charge in [0.2, 0.25) is 5.95 Å². The number of amidine groups is 1. The monoisotopic (exact) mass is 478 g/mol. The average molecular weight is 479 g/mol. The predicted octanol–water partition coefficient (Wildman–Crippen LogP) is 2.82. The van der Waals surface area contributed by atoms with E-state index in [1.807, 2.05) is 4.90 Å². The third-order valence-electron chi connectivity index (χ3n) is 5.35. The molecule has 0 radical (unpaired) electrons. The summed E-state index contributed by atoms with van der Waals surface area (Å²) in [5.74, 6) is -0.562. The summed E-state index contributed by atoms with van der Waals surface area (Å²) < 4.78 is 13.9. The molecule has 0 spiro atoms. The van der Waals surface area contributed by atoms with Crippen LogP contribution >= 0.6 is 11.6 Å². The second-order valence-electron chi connectivity index (χ2n) is 7.79. The zero-order valence-corrected chi connectivity index (χ0v) is 18.9. The van der Waals surface area contributed by atoms with E-state index < -0.39 is 11.8 Å². The normalized spacial score (nSPS) is 14.2. The van der Waals surface area contributed by atoms with E-state index in [2.05, 4.69) is 25.5 Å². The third-order valence-corrected chi connectivity index (χ3v) is 5.64. The van der Waals surface area contributed by atoms with E-state index in [1.54, 1.807) is 0 Å². The van der Waals surface area contributed by atoms with Crippen LogP contribution in [0.25, 0.3) is 0 Å². The Labute approximate surface area is 195 Å². The lowest BCUT2D eigenvalue weighted by atomic mass is 10.1. The number of aromatic amines is 1. The van der Waals surface area contributed by atoms with Gasteiger partial charge in [0, 0.05) is 32.6 Å². The van der Waals surface area contributed by atoms with Crippen molar-refractivity contribution in [3.63, 3.8) is 0 Å². The highest BCUT2D eigenvalue weighted by molar-refractivity contribution is 6.31. The van der Waals surface area contributed by atoms with Crippen molar-refractivity contribution in [1.29, 1.82) is 5.41 Å². The second kappa shape index (κ2) is 11.6. The molecule has 33 heavy (non-hydrogen) atoms. The number of hydrogen-bond donors (Lipinski definition) is 5. The number of piperazine rings is 1. The molecule has 1 aliphatic heterocycles.